The number of fused-ring (bicyclic) bond motifs is 2. The lowest BCUT2D eigenvalue weighted by Gasteiger charge is -2.26. The first-order valence-electron chi connectivity index (χ1n) is 7.38. The fourth-order valence-corrected chi connectivity index (χ4v) is 2.50. The van der Waals surface area contributed by atoms with Gasteiger partial charge in [-0.25, -0.2) is 9.59 Å². The number of hydrogen-bond acceptors (Lipinski definition) is 4. The summed E-state index contributed by atoms with van der Waals surface area (Å²) >= 11 is 0. The second-order valence-corrected chi connectivity index (χ2v) is 6.00. The molecule has 0 aromatic heterocycles. The van der Waals surface area contributed by atoms with E-state index in [0.717, 1.165) is 18.0 Å². The van der Waals surface area contributed by atoms with E-state index in [1.165, 1.54) is 38.9 Å². The molecule has 6 nitrogen and oxygen atoms in total. The monoisotopic (exact) mass is 380 g/mol. The fraction of sp³-hybridized carbons (Fsp3) is 0.846. The minimum atomic E-state index is -5.08. The summed E-state index contributed by atoms with van der Waals surface area (Å²) in [5.74, 6) is -4.44. The number of rotatable bonds is 2. The van der Waals surface area contributed by atoms with Gasteiger partial charge < -0.3 is 15.5 Å². The SMILES string of the molecule is C1CC1CN1CC2CC1CN2.O=C(O)C(F)(F)F.O=C(O)C(F)(F)F. The maximum Gasteiger partial charge on any atom is 0.490 e. The van der Waals surface area contributed by atoms with Crippen LogP contribution in [0.4, 0.5) is 26.3 Å². The number of nitrogens with one attached hydrogen (secondary N) is 1. The van der Waals surface area contributed by atoms with E-state index < -0.39 is 24.3 Å². The van der Waals surface area contributed by atoms with Gasteiger partial charge in [-0.2, -0.15) is 26.3 Å². The van der Waals surface area contributed by atoms with Crippen molar-refractivity contribution >= 4 is 11.9 Å². The number of carboxylic acids is 2. The Morgan fingerprint density at radius 3 is 1.68 bits per heavy atom. The molecule has 146 valence electrons. The second kappa shape index (κ2) is 8.21. The number of alkyl halides is 6. The molecule has 3 N–H and O–H groups in total. The largest absolute Gasteiger partial charge is 0.490 e. The molecule has 12 heteroatoms. The zero-order valence-electron chi connectivity index (χ0n) is 12.9. The quantitative estimate of drug-likeness (QED) is 0.632. The topological polar surface area (TPSA) is 89.9 Å². The molecule has 0 spiro atoms. The molecular weight excluding hydrogens is 362 g/mol. The smallest absolute Gasteiger partial charge is 0.475 e. The summed E-state index contributed by atoms with van der Waals surface area (Å²) in [5.41, 5.74) is 0. The lowest BCUT2D eigenvalue weighted by Crippen LogP contribution is -2.44. The van der Waals surface area contributed by atoms with Gasteiger partial charge in [0.25, 0.3) is 0 Å². The Labute approximate surface area is 138 Å². The van der Waals surface area contributed by atoms with Crippen LogP contribution in [-0.4, -0.2) is 71.1 Å². The number of hydrogen-bond donors (Lipinski definition) is 3. The Morgan fingerprint density at radius 2 is 1.44 bits per heavy atom. The molecule has 3 fully saturated rings. The van der Waals surface area contributed by atoms with Crippen LogP contribution in [0.15, 0.2) is 0 Å². The molecule has 0 aromatic rings. The molecular formula is C13H18F6N2O4. The number of carboxylic acid groups (broad SMARTS) is 2. The Morgan fingerprint density at radius 1 is 1.00 bits per heavy atom. The standard InChI is InChI=1S/C9H16N2.2C2HF3O2/c1-2-7(1)5-11-6-8-3-9(11)4-10-8;2*3-2(4,5)1(6)7/h7-10H,1-6H2;2*(H,6,7). The Bertz CT molecular complexity index is 454. The summed E-state index contributed by atoms with van der Waals surface area (Å²) in [5, 5.41) is 17.8. The third-order valence-electron chi connectivity index (χ3n) is 3.84. The lowest BCUT2D eigenvalue weighted by atomic mass is 10.2. The van der Waals surface area contributed by atoms with Crippen LogP contribution >= 0.6 is 0 Å². The van der Waals surface area contributed by atoms with E-state index in [2.05, 4.69) is 10.2 Å². The van der Waals surface area contributed by atoms with E-state index >= 15 is 0 Å². The van der Waals surface area contributed by atoms with Crippen molar-refractivity contribution in [3.63, 3.8) is 0 Å². The molecule has 2 aliphatic heterocycles. The van der Waals surface area contributed by atoms with Crippen molar-refractivity contribution in [1.82, 2.24) is 10.2 Å². The van der Waals surface area contributed by atoms with Gasteiger partial charge in [-0.15, -0.1) is 0 Å². The summed E-state index contributed by atoms with van der Waals surface area (Å²) < 4.78 is 63.5. The molecule has 0 aromatic carbocycles. The number of aliphatic carboxylic acids is 2. The molecule has 3 aliphatic rings. The van der Waals surface area contributed by atoms with E-state index in [4.69, 9.17) is 19.8 Å². The van der Waals surface area contributed by atoms with Crippen molar-refractivity contribution < 1.29 is 46.1 Å². The maximum atomic E-state index is 10.6. The molecule has 2 heterocycles. The second-order valence-electron chi connectivity index (χ2n) is 6.00. The molecule has 25 heavy (non-hydrogen) atoms. The number of piperazine rings is 1. The normalized spacial score (nSPS) is 25.5. The highest BCUT2D eigenvalue weighted by molar-refractivity contribution is 5.73. The predicted octanol–water partition coefficient (Wildman–Crippen LogP) is 1.71. The van der Waals surface area contributed by atoms with E-state index in [1.54, 1.807) is 0 Å². The highest BCUT2D eigenvalue weighted by Crippen LogP contribution is 2.33. The molecule has 2 unspecified atom stereocenters. The molecule has 2 atom stereocenters. The molecule has 0 amide bonds. The van der Waals surface area contributed by atoms with Crippen LogP contribution in [0.25, 0.3) is 0 Å². The Kier molecular flexibility index (Phi) is 7.06. The minimum absolute atomic E-state index is 0.846. The Balaban J connectivity index is 0.000000199. The summed E-state index contributed by atoms with van der Waals surface area (Å²) in [6.45, 7) is 4.00. The van der Waals surface area contributed by atoms with Crippen molar-refractivity contribution in [2.75, 3.05) is 19.6 Å². The van der Waals surface area contributed by atoms with Gasteiger partial charge in [0, 0.05) is 31.7 Å². The van der Waals surface area contributed by atoms with E-state index in [0.29, 0.717) is 0 Å². The molecule has 1 aliphatic carbocycles. The fourth-order valence-electron chi connectivity index (χ4n) is 2.50. The highest BCUT2D eigenvalue weighted by Gasteiger charge is 2.40. The van der Waals surface area contributed by atoms with Gasteiger partial charge >= 0.3 is 24.3 Å². The van der Waals surface area contributed by atoms with Crippen molar-refractivity contribution in [2.45, 2.75) is 43.7 Å². The number of carbonyl (C=O) groups is 2. The summed E-state index contributed by atoms with van der Waals surface area (Å²) in [6.07, 6.45) is -5.74. The van der Waals surface area contributed by atoms with Gasteiger partial charge in [-0.05, 0) is 25.2 Å². The van der Waals surface area contributed by atoms with Gasteiger partial charge in [0.1, 0.15) is 0 Å². The zero-order valence-corrected chi connectivity index (χ0v) is 12.9. The molecule has 2 saturated heterocycles. The summed E-state index contributed by atoms with van der Waals surface area (Å²) in [7, 11) is 0. The van der Waals surface area contributed by atoms with Gasteiger partial charge in [0.15, 0.2) is 0 Å². The van der Waals surface area contributed by atoms with E-state index in [1.807, 2.05) is 0 Å². The van der Waals surface area contributed by atoms with Crippen molar-refractivity contribution in [3.8, 4) is 0 Å². The van der Waals surface area contributed by atoms with Crippen LogP contribution in [0.1, 0.15) is 19.3 Å². The maximum absolute atomic E-state index is 10.6. The third kappa shape index (κ3) is 7.90. The highest BCUT2D eigenvalue weighted by atomic mass is 19.4. The average molecular weight is 380 g/mol. The Hall–Kier alpha value is -1.56. The molecule has 1 saturated carbocycles. The van der Waals surface area contributed by atoms with Crippen molar-refractivity contribution in [1.29, 1.82) is 0 Å². The average Bonchev–Trinajstić information content (AvgIpc) is 3.02. The van der Waals surface area contributed by atoms with Crippen LogP contribution in [0, 0.1) is 5.92 Å². The number of nitrogens with zero attached hydrogens (tertiary/aromatic N) is 1. The van der Waals surface area contributed by atoms with E-state index in [9.17, 15) is 26.3 Å². The third-order valence-corrected chi connectivity index (χ3v) is 3.84. The molecule has 2 bridgehead atoms. The first-order chi connectivity index (χ1) is 11.3. The van der Waals surface area contributed by atoms with Crippen LogP contribution in [-0.2, 0) is 9.59 Å². The van der Waals surface area contributed by atoms with Gasteiger partial charge in [-0.3, -0.25) is 4.90 Å². The first kappa shape index (κ1) is 21.5. The lowest BCUT2D eigenvalue weighted by molar-refractivity contribution is -0.193. The van der Waals surface area contributed by atoms with Crippen LogP contribution in [0.3, 0.4) is 0 Å². The summed E-state index contributed by atoms with van der Waals surface area (Å²) in [4.78, 5) is 20.5. The van der Waals surface area contributed by atoms with Crippen LogP contribution in [0.2, 0.25) is 0 Å². The van der Waals surface area contributed by atoms with Crippen LogP contribution < -0.4 is 5.32 Å². The number of likely N-dealkylation sites (tertiary alicyclic amines) is 1. The first-order valence-corrected chi connectivity index (χ1v) is 7.38. The van der Waals surface area contributed by atoms with Gasteiger partial charge in [0.2, 0.25) is 0 Å². The minimum Gasteiger partial charge on any atom is -0.475 e. The van der Waals surface area contributed by atoms with Crippen molar-refractivity contribution in [3.05, 3.63) is 0 Å². The zero-order chi connectivity index (χ0) is 19.4. The van der Waals surface area contributed by atoms with Gasteiger partial charge in [-0.1, -0.05) is 0 Å². The van der Waals surface area contributed by atoms with Crippen LogP contribution in [0.5, 0.6) is 0 Å². The van der Waals surface area contributed by atoms with Crippen molar-refractivity contribution in [2.24, 2.45) is 5.92 Å². The van der Waals surface area contributed by atoms with Gasteiger partial charge in [0.05, 0.1) is 0 Å². The molecule has 3 rings (SSSR count). The predicted molar refractivity (Wildman–Crippen MR) is 71.9 cm³/mol. The molecule has 0 radical (unpaired) electrons. The summed E-state index contributed by atoms with van der Waals surface area (Å²) in [6, 6.07) is 1.75. The number of halogens is 6. The van der Waals surface area contributed by atoms with E-state index in [-0.39, 0.29) is 0 Å².